The van der Waals surface area contributed by atoms with Gasteiger partial charge in [0, 0.05) is 6.26 Å². The molecule has 0 fully saturated rings. The van der Waals surface area contributed by atoms with Gasteiger partial charge in [-0.05, 0) is 0 Å². The van der Waals surface area contributed by atoms with Gasteiger partial charge >= 0.3 is 0 Å². The SMILES string of the molecule is CS(=O)(=O)c1ncc2nc[nH]c(=O)c2n1. The molecule has 0 atom stereocenters. The zero-order valence-electron chi connectivity index (χ0n) is 7.63. The molecule has 78 valence electrons. The van der Waals surface area contributed by atoms with Crippen LogP contribution in [0.15, 0.2) is 22.5 Å². The summed E-state index contributed by atoms with van der Waals surface area (Å²) in [7, 11) is -3.51. The van der Waals surface area contributed by atoms with Crippen molar-refractivity contribution in [3.8, 4) is 0 Å². The highest BCUT2D eigenvalue weighted by molar-refractivity contribution is 7.90. The lowest BCUT2D eigenvalue weighted by Gasteiger charge is -1.97. The van der Waals surface area contributed by atoms with Crippen molar-refractivity contribution in [1.29, 1.82) is 0 Å². The molecule has 2 heterocycles. The van der Waals surface area contributed by atoms with Crippen molar-refractivity contribution in [2.24, 2.45) is 0 Å². The lowest BCUT2D eigenvalue weighted by molar-refractivity contribution is 0.593. The highest BCUT2D eigenvalue weighted by atomic mass is 32.2. The van der Waals surface area contributed by atoms with E-state index in [1.54, 1.807) is 0 Å². The van der Waals surface area contributed by atoms with Crippen molar-refractivity contribution in [3.63, 3.8) is 0 Å². The van der Waals surface area contributed by atoms with Crippen molar-refractivity contribution in [3.05, 3.63) is 22.9 Å². The Morgan fingerprint density at radius 2 is 2.07 bits per heavy atom. The number of aromatic nitrogens is 4. The molecule has 2 rings (SSSR count). The van der Waals surface area contributed by atoms with Crippen molar-refractivity contribution in [2.75, 3.05) is 6.26 Å². The van der Waals surface area contributed by atoms with E-state index < -0.39 is 15.4 Å². The maximum atomic E-state index is 11.3. The predicted octanol–water partition coefficient (Wildman–Crippen LogP) is -0.883. The Kier molecular flexibility index (Phi) is 2.00. The molecule has 0 aromatic carbocycles. The van der Waals surface area contributed by atoms with Crippen LogP contribution in [0.3, 0.4) is 0 Å². The van der Waals surface area contributed by atoms with Crippen molar-refractivity contribution < 1.29 is 8.42 Å². The van der Waals surface area contributed by atoms with Gasteiger partial charge in [0.2, 0.25) is 15.0 Å². The molecule has 0 aliphatic heterocycles. The lowest BCUT2D eigenvalue weighted by Crippen LogP contribution is -2.12. The Morgan fingerprint density at radius 1 is 1.33 bits per heavy atom. The largest absolute Gasteiger partial charge is 0.311 e. The molecule has 8 heteroatoms. The Hall–Kier alpha value is -1.83. The van der Waals surface area contributed by atoms with Gasteiger partial charge in [-0.25, -0.2) is 23.4 Å². The first-order valence-corrected chi connectivity index (χ1v) is 5.78. The van der Waals surface area contributed by atoms with E-state index in [1.165, 1.54) is 12.5 Å². The molecule has 0 radical (unpaired) electrons. The molecule has 0 bridgehead atoms. The molecular weight excluding hydrogens is 220 g/mol. The zero-order valence-corrected chi connectivity index (χ0v) is 8.45. The highest BCUT2D eigenvalue weighted by Gasteiger charge is 2.12. The van der Waals surface area contributed by atoms with Crippen LogP contribution in [0, 0.1) is 0 Å². The average Bonchev–Trinajstić information content (AvgIpc) is 2.16. The number of H-pyrrole nitrogens is 1. The van der Waals surface area contributed by atoms with Crippen LogP contribution in [0.4, 0.5) is 0 Å². The van der Waals surface area contributed by atoms with E-state index in [9.17, 15) is 13.2 Å². The van der Waals surface area contributed by atoms with Crippen LogP contribution in [0.1, 0.15) is 0 Å². The van der Waals surface area contributed by atoms with Gasteiger partial charge < -0.3 is 4.98 Å². The molecule has 0 amide bonds. The fourth-order valence-electron chi connectivity index (χ4n) is 1.03. The molecule has 1 N–H and O–H groups in total. The first-order chi connectivity index (χ1) is 6.98. The maximum Gasteiger partial charge on any atom is 0.277 e. The van der Waals surface area contributed by atoms with Crippen LogP contribution in [0.5, 0.6) is 0 Å². The molecule has 7 nitrogen and oxygen atoms in total. The van der Waals surface area contributed by atoms with Crippen LogP contribution >= 0.6 is 0 Å². The molecule has 15 heavy (non-hydrogen) atoms. The Balaban J connectivity index is 2.88. The lowest BCUT2D eigenvalue weighted by atomic mass is 10.4. The van der Waals surface area contributed by atoms with Crippen molar-refractivity contribution in [2.45, 2.75) is 5.16 Å². The second-order valence-corrected chi connectivity index (χ2v) is 4.80. The van der Waals surface area contributed by atoms with E-state index in [0.29, 0.717) is 0 Å². The molecule has 2 aromatic heterocycles. The molecule has 0 spiro atoms. The number of hydrogen-bond acceptors (Lipinski definition) is 6. The summed E-state index contributed by atoms with van der Waals surface area (Å²) < 4.78 is 22.3. The van der Waals surface area contributed by atoms with Gasteiger partial charge in [-0.1, -0.05) is 0 Å². The molecule has 0 saturated carbocycles. The normalized spacial score (nSPS) is 11.8. The summed E-state index contributed by atoms with van der Waals surface area (Å²) in [6.07, 6.45) is 3.38. The summed E-state index contributed by atoms with van der Waals surface area (Å²) in [4.78, 5) is 24.6. The Morgan fingerprint density at radius 3 is 2.73 bits per heavy atom. The summed E-state index contributed by atoms with van der Waals surface area (Å²) in [5.41, 5.74) is -0.272. The van der Waals surface area contributed by atoms with Crippen LogP contribution in [0.25, 0.3) is 11.0 Å². The molecule has 0 aliphatic carbocycles. The third kappa shape index (κ3) is 1.71. The minimum atomic E-state index is -3.51. The zero-order chi connectivity index (χ0) is 11.1. The predicted molar refractivity (Wildman–Crippen MR) is 51.1 cm³/mol. The summed E-state index contributed by atoms with van der Waals surface area (Å²) >= 11 is 0. The van der Waals surface area contributed by atoms with Gasteiger partial charge in [0.15, 0.2) is 5.52 Å². The third-order valence-electron chi connectivity index (χ3n) is 1.69. The fraction of sp³-hybridized carbons (Fsp3) is 0.143. The standard InChI is InChI=1S/C7H6N4O3S/c1-15(13,14)7-8-2-4-5(11-7)6(12)10-3-9-4/h2-3H,1H3,(H,9,10,12). The minimum Gasteiger partial charge on any atom is -0.311 e. The Bertz CT molecular complexity index is 676. The fourth-order valence-corrected chi connectivity index (χ4v) is 1.53. The van der Waals surface area contributed by atoms with Gasteiger partial charge in [0.25, 0.3) is 5.56 Å². The molecule has 0 aliphatic rings. The summed E-state index contributed by atoms with van der Waals surface area (Å²) in [6, 6.07) is 0. The number of nitrogens with zero attached hydrogens (tertiary/aromatic N) is 3. The van der Waals surface area contributed by atoms with Gasteiger partial charge in [0.05, 0.1) is 12.5 Å². The van der Waals surface area contributed by atoms with Gasteiger partial charge in [-0.2, -0.15) is 0 Å². The van der Waals surface area contributed by atoms with Crippen LogP contribution in [-0.4, -0.2) is 34.6 Å². The highest BCUT2D eigenvalue weighted by Crippen LogP contribution is 2.05. The van der Waals surface area contributed by atoms with Crippen LogP contribution in [-0.2, 0) is 9.84 Å². The quantitative estimate of drug-likeness (QED) is 0.633. The van der Waals surface area contributed by atoms with E-state index in [2.05, 4.69) is 19.9 Å². The second-order valence-electron chi connectivity index (χ2n) is 2.89. The molecular formula is C7H6N4O3S. The smallest absolute Gasteiger partial charge is 0.277 e. The van der Waals surface area contributed by atoms with Crippen LogP contribution < -0.4 is 5.56 Å². The number of fused-ring (bicyclic) bond motifs is 1. The van der Waals surface area contributed by atoms with E-state index in [4.69, 9.17) is 0 Å². The third-order valence-corrected chi connectivity index (χ3v) is 2.55. The van der Waals surface area contributed by atoms with E-state index in [0.717, 1.165) is 6.26 Å². The van der Waals surface area contributed by atoms with E-state index >= 15 is 0 Å². The van der Waals surface area contributed by atoms with E-state index in [1.807, 2.05) is 0 Å². The number of sulfone groups is 1. The minimum absolute atomic E-state index is 0.0343. The van der Waals surface area contributed by atoms with Crippen molar-refractivity contribution in [1.82, 2.24) is 19.9 Å². The van der Waals surface area contributed by atoms with Crippen LogP contribution in [0.2, 0.25) is 0 Å². The number of aromatic amines is 1. The molecule has 0 unspecified atom stereocenters. The van der Waals surface area contributed by atoms with Gasteiger partial charge in [-0.3, -0.25) is 4.79 Å². The first kappa shape index (κ1) is 9.71. The maximum absolute atomic E-state index is 11.3. The topological polar surface area (TPSA) is 106 Å². The number of hydrogen-bond donors (Lipinski definition) is 1. The Labute approximate surface area is 84.1 Å². The summed E-state index contributed by atoms with van der Waals surface area (Å²) in [6.45, 7) is 0. The van der Waals surface area contributed by atoms with Gasteiger partial charge in [0.1, 0.15) is 5.52 Å². The van der Waals surface area contributed by atoms with Crippen molar-refractivity contribution >= 4 is 20.9 Å². The molecule has 0 saturated heterocycles. The average molecular weight is 226 g/mol. The number of rotatable bonds is 1. The molecule has 2 aromatic rings. The summed E-state index contributed by atoms with van der Waals surface area (Å²) in [5, 5.41) is -0.381. The van der Waals surface area contributed by atoms with E-state index in [-0.39, 0.29) is 16.2 Å². The monoisotopic (exact) mass is 226 g/mol. The van der Waals surface area contributed by atoms with Gasteiger partial charge in [-0.15, -0.1) is 0 Å². The number of nitrogens with one attached hydrogen (secondary N) is 1. The first-order valence-electron chi connectivity index (χ1n) is 3.89. The summed E-state index contributed by atoms with van der Waals surface area (Å²) in [5.74, 6) is 0. The second kappa shape index (κ2) is 3.09.